The van der Waals surface area contributed by atoms with Crippen molar-refractivity contribution >= 4 is 17.2 Å². The van der Waals surface area contributed by atoms with Gasteiger partial charge in [0, 0.05) is 43.5 Å². The Balaban J connectivity index is 1.22. The monoisotopic (exact) mass is 485 g/mol. The molecule has 0 bridgehead atoms. The molecule has 2 aromatic heterocycles. The molecule has 1 aliphatic heterocycles. The van der Waals surface area contributed by atoms with Crippen molar-refractivity contribution in [2.45, 2.75) is 26.3 Å². The van der Waals surface area contributed by atoms with Crippen LogP contribution in [0.2, 0.25) is 0 Å². The van der Waals surface area contributed by atoms with E-state index in [0.717, 1.165) is 65.6 Å². The van der Waals surface area contributed by atoms with Crippen molar-refractivity contribution in [1.29, 1.82) is 0 Å². The molecule has 1 N–H and O–H groups in total. The Morgan fingerprint density at radius 1 is 1.06 bits per heavy atom. The first-order chi connectivity index (χ1) is 17.6. The van der Waals surface area contributed by atoms with E-state index in [1.54, 1.807) is 13.3 Å². The normalized spacial score (nSPS) is 14.1. The summed E-state index contributed by atoms with van der Waals surface area (Å²) in [5.74, 6) is 2.68. The summed E-state index contributed by atoms with van der Waals surface area (Å²) in [6.45, 7) is 4.69. The summed E-state index contributed by atoms with van der Waals surface area (Å²) in [6, 6.07) is 17.8. The highest BCUT2D eigenvalue weighted by Gasteiger charge is 2.26. The quantitative estimate of drug-likeness (QED) is 0.400. The van der Waals surface area contributed by atoms with Crippen molar-refractivity contribution in [3.05, 3.63) is 72.6 Å². The predicted octanol–water partition coefficient (Wildman–Crippen LogP) is 4.34. The Morgan fingerprint density at radius 3 is 2.47 bits per heavy atom. The van der Waals surface area contributed by atoms with Crippen LogP contribution in [0.3, 0.4) is 0 Å². The number of hydrogen-bond donors (Lipinski definition) is 1. The number of methoxy groups -OCH3 is 1. The number of fused-ring (bicyclic) bond motifs is 1. The van der Waals surface area contributed by atoms with Crippen molar-refractivity contribution in [3.8, 4) is 22.8 Å². The van der Waals surface area contributed by atoms with Crippen LogP contribution in [0.15, 0.2) is 67.0 Å². The van der Waals surface area contributed by atoms with Crippen molar-refractivity contribution in [3.63, 3.8) is 0 Å². The molecule has 1 aliphatic rings. The van der Waals surface area contributed by atoms with E-state index in [2.05, 4.69) is 21.3 Å². The maximum atomic E-state index is 12.8. The molecule has 8 heteroatoms. The lowest BCUT2D eigenvalue weighted by molar-refractivity contribution is -0.125. The Hall–Kier alpha value is -4.07. The lowest BCUT2D eigenvalue weighted by Crippen LogP contribution is -2.40. The number of hydrogen-bond acceptors (Lipinski definition) is 6. The van der Waals surface area contributed by atoms with Gasteiger partial charge in [0.25, 0.3) is 0 Å². The first-order valence-corrected chi connectivity index (χ1v) is 12.4. The third-order valence-corrected chi connectivity index (χ3v) is 6.62. The molecule has 3 heterocycles. The molecule has 2 aromatic carbocycles. The number of piperidine rings is 1. The molecule has 0 spiro atoms. The zero-order chi connectivity index (χ0) is 24.9. The fourth-order valence-corrected chi connectivity index (χ4v) is 4.61. The number of carbonyl (C=O) groups excluding carboxylic acids is 1. The summed E-state index contributed by atoms with van der Waals surface area (Å²) in [5, 5.41) is 7.85. The molecule has 4 aromatic rings. The van der Waals surface area contributed by atoms with Crippen molar-refractivity contribution in [2.24, 2.45) is 5.92 Å². The number of benzene rings is 2. The highest BCUT2D eigenvalue weighted by molar-refractivity contribution is 5.79. The van der Waals surface area contributed by atoms with Crippen LogP contribution in [-0.2, 0) is 11.3 Å². The van der Waals surface area contributed by atoms with E-state index in [0.29, 0.717) is 13.2 Å². The van der Waals surface area contributed by atoms with E-state index in [1.807, 2.05) is 66.2 Å². The SMILES string of the molecule is CCOc1ccc(-c2cc3c(N4CCC(C(=O)NCc5ccc(OC)cc5)CC4)nccn3n2)cc1. The number of nitrogens with zero attached hydrogens (tertiary/aromatic N) is 4. The average Bonchev–Trinajstić information content (AvgIpc) is 3.37. The molecule has 0 radical (unpaired) electrons. The number of aromatic nitrogens is 3. The zero-order valence-electron chi connectivity index (χ0n) is 20.7. The summed E-state index contributed by atoms with van der Waals surface area (Å²) in [7, 11) is 1.65. The highest BCUT2D eigenvalue weighted by atomic mass is 16.5. The molecule has 0 unspecified atom stereocenters. The number of ether oxygens (including phenoxy) is 2. The topological polar surface area (TPSA) is 81.0 Å². The van der Waals surface area contributed by atoms with Crippen LogP contribution in [-0.4, -0.2) is 47.3 Å². The molecular formula is C28H31N5O3. The lowest BCUT2D eigenvalue weighted by Gasteiger charge is -2.32. The molecule has 0 saturated carbocycles. The van der Waals surface area contributed by atoms with Gasteiger partial charge < -0.3 is 19.7 Å². The maximum Gasteiger partial charge on any atom is 0.223 e. The second kappa shape index (κ2) is 10.7. The van der Waals surface area contributed by atoms with Crippen LogP contribution in [0.5, 0.6) is 11.5 Å². The fourth-order valence-electron chi connectivity index (χ4n) is 4.61. The van der Waals surface area contributed by atoms with Gasteiger partial charge in [0.1, 0.15) is 17.0 Å². The van der Waals surface area contributed by atoms with Gasteiger partial charge in [-0.15, -0.1) is 0 Å². The first kappa shape index (κ1) is 23.7. The van der Waals surface area contributed by atoms with Gasteiger partial charge in [-0.2, -0.15) is 5.10 Å². The van der Waals surface area contributed by atoms with Gasteiger partial charge in [0.15, 0.2) is 5.82 Å². The third kappa shape index (κ3) is 5.12. The van der Waals surface area contributed by atoms with E-state index in [1.165, 1.54) is 0 Å². The lowest BCUT2D eigenvalue weighted by atomic mass is 9.95. The second-order valence-electron chi connectivity index (χ2n) is 8.89. The van der Waals surface area contributed by atoms with Crippen LogP contribution in [0, 0.1) is 5.92 Å². The average molecular weight is 486 g/mol. The van der Waals surface area contributed by atoms with Crippen LogP contribution >= 0.6 is 0 Å². The van der Waals surface area contributed by atoms with Gasteiger partial charge in [-0.3, -0.25) is 4.79 Å². The van der Waals surface area contributed by atoms with Gasteiger partial charge in [-0.1, -0.05) is 12.1 Å². The minimum absolute atomic E-state index is 0.00329. The zero-order valence-corrected chi connectivity index (χ0v) is 20.7. The molecule has 5 rings (SSSR count). The van der Waals surface area contributed by atoms with Gasteiger partial charge >= 0.3 is 0 Å². The number of carbonyl (C=O) groups is 1. The van der Waals surface area contributed by atoms with Gasteiger partial charge in [0.2, 0.25) is 5.91 Å². The number of nitrogens with one attached hydrogen (secondary N) is 1. The molecule has 186 valence electrons. The molecule has 36 heavy (non-hydrogen) atoms. The van der Waals surface area contributed by atoms with Gasteiger partial charge in [-0.05, 0) is 67.8 Å². The molecule has 0 aliphatic carbocycles. The van der Waals surface area contributed by atoms with Crippen LogP contribution in [0.1, 0.15) is 25.3 Å². The van der Waals surface area contributed by atoms with E-state index < -0.39 is 0 Å². The first-order valence-electron chi connectivity index (χ1n) is 12.4. The Labute approximate surface area is 210 Å². The summed E-state index contributed by atoms with van der Waals surface area (Å²) in [6.07, 6.45) is 5.23. The molecule has 0 atom stereocenters. The summed E-state index contributed by atoms with van der Waals surface area (Å²) in [4.78, 5) is 19.7. The highest BCUT2D eigenvalue weighted by Crippen LogP contribution is 2.29. The van der Waals surface area contributed by atoms with Crippen molar-refractivity contribution in [1.82, 2.24) is 19.9 Å². The molecular weight excluding hydrogens is 454 g/mol. The summed E-state index contributed by atoms with van der Waals surface area (Å²) < 4.78 is 12.6. The number of rotatable bonds is 8. The Bertz CT molecular complexity index is 1310. The fraction of sp³-hybridized carbons (Fsp3) is 0.321. The maximum absolute atomic E-state index is 12.8. The predicted molar refractivity (Wildman–Crippen MR) is 139 cm³/mol. The second-order valence-corrected chi connectivity index (χ2v) is 8.89. The molecule has 1 saturated heterocycles. The van der Waals surface area contributed by atoms with Crippen LogP contribution in [0.25, 0.3) is 16.8 Å². The molecule has 1 amide bonds. The smallest absolute Gasteiger partial charge is 0.223 e. The largest absolute Gasteiger partial charge is 0.497 e. The third-order valence-electron chi connectivity index (χ3n) is 6.62. The van der Waals surface area contributed by atoms with Crippen molar-refractivity contribution < 1.29 is 14.3 Å². The summed E-state index contributed by atoms with van der Waals surface area (Å²) in [5.41, 5.74) is 3.94. The van der Waals surface area contributed by atoms with Crippen LogP contribution in [0.4, 0.5) is 5.82 Å². The van der Waals surface area contributed by atoms with Gasteiger partial charge in [-0.25, -0.2) is 9.50 Å². The standard InChI is InChI=1S/C28H31N5O3/c1-3-36-24-10-6-21(7-11-24)25-18-26-27(29-14-17-33(26)31-25)32-15-12-22(13-16-32)28(34)30-19-20-4-8-23(35-2)9-5-20/h4-11,14,17-18,22H,3,12-13,15-16,19H2,1-2H3,(H,30,34). The Kier molecular flexibility index (Phi) is 7.02. The molecule has 1 fully saturated rings. The summed E-state index contributed by atoms with van der Waals surface area (Å²) >= 11 is 0. The van der Waals surface area contributed by atoms with E-state index in [-0.39, 0.29) is 11.8 Å². The van der Waals surface area contributed by atoms with E-state index >= 15 is 0 Å². The number of anilines is 1. The minimum Gasteiger partial charge on any atom is -0.497 e. The van der Waals surface area contributed by atoms with E-state index in [9.17, 15) is 4.79 Å². The van der Waals surface area contributed by atoms with E-state index in [4.69, 9.17) is 14.6 Å². The number of amides is 1. The Morgan fingerprint density at radius 2 is 1.78 bits per heavy atom. The van der Waals surface area contributed by atoms with Crippen molar-refractivity contribution in [2.75, 3.05) is 31.7 Å². The van der Waals surface area contributed by atoms with Gasteiger partial charge in [0.05, 0.1) is 19.4 Å². The minimum atomic E-state index is 0.00329. The molecule has 8 nitrogen and oxygen atoms in total. The van der Waals surface area contributed by atoms with Crippen LogP contribution < -0.4 is 19.7 Å².